The minimum absolute atomic E-state index is 0.0715. The van der Waals surface area contributed by atoms with Gasteiger partial charge in [0.2, 0.25) is 0 Å². The molecule has 0 atom stereocenters. The summed E-state index contributed by atoms with van der Waals surface area (Å²) in [5, 5.41) is 11.6. The number of carboxylic acid groups (broad SMARTS) is 1. The van der Waals surface area contributed by atoms with E-state index < -0.39 is 11.6 Å². The van der Waals surface area contributed by atoms with Crippen LogP contribution in [0.2, 0.25) is 0 Å². The topological polar surface area (TPSA) is 75.6 Å². The van der Waals surface area contributed by atoms with E-state index in [1.165, 1.54) is 18.2 Å². The smallest absolute Gasteiger partial charge is 0.335 e. The number of aromatic carboxylic acids is 1. The highest BCUT2D eigenvalue weighted by atomic mass is 16.5. The van der Waals surface area contributed by atoms with Crippen LogP contribution in [0.15, 0.2) is 18.2 Å². The summed E-state index contributed by atoms with van der Waals surface area (Å²) in [7, 11) is 0. The first-order chi connectivity index (χ1) is 7.89. The Bertz CT molecular complexity index is 493. The summed E-state index contributed by atoms with van der Waals surface area (Å²) in [4.78, 5) is 22.6. The molecule has 1 aliphatic heterocycles. The zero-order chi connectivity index (χ0) is 12.6. The fourth-order valence-electron chi connectivity index (χ4n) is 1.65. The predicted octanol–water partition coefficient (Wildman–Crippen LogP) is 1.29. The molecule has 2 rings (SSSR count). The number of hydrogen-bond acceptors (Lipinski definition) is 3. The van der Waals surface area contributed by atoms with E-state index in [9.17, 15) is 9.59 Å². The minimum atomic E-state index is -1.07. The van der Waals surface area contributed by atoms with Crippen LogP contribution in [-0.4, -0.2) is 29.1 Å². The molecule has 1 aromatic rings. The van der Waals surface area contributed by atoms with Gasteiger partial charge in [-0.3, -0.25) is 4.79 Å². The van der Waals surface area contributed by atoms with Crippen LogP contribution in [0.3, 0.4) is 0 Å². The second-order valence-corrected chi connectivity index (χ2v) is 4.56. The molecule has 0 aromatic heterocycles. The van der Waals surface area contributed by atoms with Crippen LogP contribution >= 0.6 is 0 Å². The zero-order valence-electron chi connectivity index (χ0n) is 9.61. The molecule has 0 radical (unpaired) electrons. The molecule has 0 unspecified atom stereocenters. The third-order valence-corrected chi connectivity index (χ3v) is 2.53. The van der Waals surface area contributed by atoms with Crippen LogP contribution in [0.1, 0.15) is 34.6 Å². The summed E-state index contributed by atoms with van der Waals surface area (Å²) < 4.78 is 5.67. The van der Waals surface area contributed by atoms with Gasteiger partial charge >= 0.3 is 5.97 Å². The van der Waals surface area contributed by atoms with E-state index in [1.807, 2.05) is 13.8 Å². The van der Waals surface area contributed by atoms with Crippen molar-refractivity contribution >= 4 is 11.9 Å². The first-order valence-corrected chi connectivity index (χ1v) is 5.24. The molecule has 0 fully saturated rings. The first kappa shape index (κ1) is 11.4. The first-order valence-electron chi connectivity index (χ1n) is 5.24. The maximum atomic E-state index is 11.8. The predicted molar refractivity (Wildman–Crippen MR) is 60.4 cm³/mol. The maximum absolute atomic E-state index is 11.8. The number of rotatable bonds is 1. The van der Waals surface area contributed by atoms with Gasteiger partial charge in [-0.15, -0.1) is 0 Å². The summed E-state index contributed by atoms with van der Waals surface area (Å²) >= 11 is 0. The van der Waals surface area contributed by atoms with Crippen molar-refractivity contribution in [3.05, 3.63) is 29.3 Å². The van der Waals surface area contributed by atoms with Gasteiger partial charge in [-0.25, -0.2) is 4.79 Å². The molecule has 2 N–H and O–H groups in total. The van der Waals surface area contributed by atoms with Crippen LogP contribution in [0.5, 0.6) is 5.75 Å². The van der Waals surface area contributed by atoms with E-state index in [0.717, 1.165) is 0 Å². The quantitative estimate of drug-likeness (QED) is 0.769. The maximum Gasteiger partial charge on any atom is 0.335 e. The average molecular weight is 235 g/mol. The largest absolute Gasteiger partial charge is 0.485 e. The number of benzene rings is 1. The number of amides is 1. The molecule has 1 heterocycles. The van der Waals surface area contributed by atoms with E-state index >= 15 is 0 Å². The number of nitrogens with one attached hydrogen (secondary N) is 1. The van der Waals surface area contributed by atoms with Crippen LogP contribution in [0, 0.1) is 0 Å². The lowest BCUT2D eigenvalue weighted by molar-refractivity contribution is 0.0696. The summed E-state index contributed by atoms with van der Waals surface area (Å²) in [6.45, 7) is 4.09. The molecule has 0 saturated carbocycles. The summed E-state index contributed by atoms with van der Waals surface area (Å²) in [6, 6.07) is 4.27. The molecule has 17 heavy (non-hydrogen) atoms. The highest BCUT2D eigenvalue weighted by Gasteiger charge is 2.28. The van der Waals surface area contributed by atoms with Gasteiger partial charge in [-0.1, -0.05) is 0 Å². The van der Waals surface area contributed by atoms with Crippen LogP contribution in [0.4, 0.5) is 0 Å². The molecular formula is C12H13NO4. The van der Waals surface area contributed by atoms with Crippen molar-refractivity contribution in [1.29, 1.82) is 0 Å². The van der Waals surface area contributed by atoms with Gasteiger partial charge in [-0.2, -0.15) is 0 Å². The Morgan fingerprint density at radius 1 is 1.47 bits per heavy atom. The van der Waals surface area contributed by atoms with Crippen molar-refractivity contribution in [3.8, 4) is 5.75 Å². The van der Waals surface area contributed by atoms with Gasteiger partial charge in [-0.05, 0) is 32.0 Å². The van der Waals surface area contributed by atoms with Gasteiger partial charge in [0, 0.05) is 0 Å². The molecular weight excluding hydrogens is 222 g/mol. The number of carbonyl (C=O) groups is 2. The summed E-state index contributed by atoms with van der Waals surface area (Å²) in [5.74, 6) is -0.965. The Kier molecular flexibility index (Phi) is 2.53. The molecule has 0 aliphatic carbocycles. The number of ether oxygens (including phenoxy) is 1. The molecule has 0 saturated heterocycles. The van der Waals surface area contributed by atoms with E-state index in [4.69, 9.17) is 9.84 Å². The molecule has 5 heteroatoms. The molecule has 90 valence electrons. The fraction of sp³-hybridized carbons (Fsp3) is 0.333. The normalized spacial score (nSPS) is 17.4. The lowest BCUT2D eigenvalue weighted by atomic mass is 10.1. The van der Waals surface area contributed by atoms with E-state index in [0.29, 0.717) is 12.3 Å². The molecule has 1 aromatic carbocycles. The number of carboxylic acids is 1. The summed E-state index contributed by atoms with van der Waals surface area (Å²) in [5.41, 5.74) is -0.177. The number of carbonyl (C=O) groups excluding carboxylic acids is 1. The van der Waals surface area contributed by atoms with Gasteiger partial charge in [0.05, 0.1) is 17.7 Å². The highest BCUT2D eigenvalue weighted by Crippen LogP contribution is 2.26. The van der Waals surface area contributed by atoms with Gasteiger partial charge in [0.1, 0.15) is 11.4 Å². The van der Waals surface area contributed by atoms with E-state index in [2.05, 4.69) is 5.32 Å². The third-order valence-electron chi connectivity index (χ3n) is 2.53. The Morgan fingerprint density at radius 3 is 2.82 bits per heavy atom. The molecule has 0 bridgehead atoms. The lowest BCUT2D eigenvalue weighted by Gasteiger charge is -2.23. The second kappa shape index (κ2) is 3.76. The van der Waals surface area contributed by atoms with Crippen molar-refractivity contribution < 1.29 is 19.4 Å². The number of hydrogen-bond donors (Lipinski definition) is 2. The second-order valence-electron chi connectivity index (χ2n) is 4.56. The van der Waals surface area contributed by atoms with E-state index in [1.54, 1.807) is 0 Å². The fourth-order valence-corrected chi connectivity index (χ4v) is 1.65. The highest BCUT2D eigenvalue weighted by molar-refractivity contribution is 6.00. The molecule has 1 aliphatic rings. The SMILES string of the molecule is CC1(C)CNC(=O)c2cc(C(=O)O)ccc2O1. The average Bonchev–Trinajstić information content (AvgIpc) is 2.36. The molecule has 5 nitrogen and oxygen atoms in total. The lowest BCUT2D eigenvalue weighted by Crippen LogP contribution is -2.39. The Balaban J connectivity index is 2.50. The third kappa shape index (κ3) is 2.22. The van der Waals surface area contributed by atoms with Crippen LogP contribution in [0.25, 0.3) is 0 Å². The van der Waals surface area contributed by atoms with Gasteiger partial charge in [0.15, 0.2) is 0 Å². The van der Waals surface area contributed by atoms with Crippen LogP contribution in [-0.2, 0) is 0 Å². The van der Waals surface area contributed by atoms with E-state index in [-0.39, 0.29) is 17.0 Å². The van der Waals surface area contributed by atoms with Crippen molar-refractivity contribution in [2.24, 2.45) is 0 Å². The Hall–Kier alpha value is -2.04. The summed E-state index contributed by atoms with van der Waals surface area (Å²) in [6.07, 6.45) is 0. The van der Waals surface area contributed by atoms with Crippen molar-refractivity contribution in [2.45, 2.75) is 19.4 Å². The molecule has 0 spiro atoms. The van der Waals surface area contributed by atoms with Crippen molar-refractivity contribution in [3.63, 3.8) is 0 Å². The van der Waals surface area contributed by atoms with Crippen LogP contribution < -0.4 is 10.1 Å². The van der Waals surface area contributed by atoms with Gasteiger partial charge < -0.3 is 15.2 Å². The van der Waals surface area contributed by atoms with Gasteiger partial charge in [0.25, 0.3) is 5.91 Å². The van der Waals surface area contributed by atoms with Crippen molar-refractivity contribution in [1.82, 2.24) is 5.32 Å². The minimum Gasteiger partial charge on any atom is -0.485 e. The van der Waals surface area contributed by atoms with Crippen molar-refractivity contribution in [2.75, 3.05) is 6.54 Å². The Labute approximate surface area is 98.4 Å². The zero-order valence-corrected chi connectivity index (χ0v) is 9.61. The number of fused-ring (bicyclic) bond motifs is 1. The Morgan fingerprint density at radius 2 is 2.18 bits per heavy atom. The standard InChI is InChI=1S/C12H13NO4/c1-12(2)6-13-10(14)8-5-7(11(15)16)3-4-9(8)17-12/h3-5H,6H2,1-2H3,(H,13,14)(H,15,16). The monoisotopic (exact) mass is 235 g/mol. The molecule has 1 amide bonds.